The van der Waals surface area contributed by atoms with Crippen molar-refractivity contribution in [3.8, 4) is 11.1 Å². The molecule has 6 heteroatoms. The van der Waals surface area contributed by atoms with Gasteiger partial charge in [0, 0.05) is 24.2 Å². The number of hydrogen-bond donors (Lipinski definition) is 1. The van der Waals surface area contributed by atoms with Crippen LogP contribution in [0.5, 0.6) is 0 Å². The maximum Gasteiger partial charge on any atom is 0.336 e. The quantitative estimate of drug-likeness (QED) is 0.395. The number of furan rings is 1. The fourth-order valence-corrected chi connectivity index (χ4v) is 3.46. The van der Waals surface area contributed by atoms with Crippen LogP contribution in [0.1, 0.15) is 34.5 Å². The maximum atomic E-state index is 12.1. The van der Waals surface area contributed by atoms with Crippen LogP contribution in [0.3, 0.4) is 0 Å². The van der Waals surface area contributed by atoms with Crippen LogP contribution in [-0.4, -0.2) is 22.0 Å². The van der Waals surface area contributed by atoms with Gasteiger partial charge in [0.15, 0.2) is 0 Å². The minimum atomic E-state index is -1.000. The van der Waals surface area contributed by atoms with Crippen LogP contribution in [0.4, 0.5) is 0 Å². The lowest BCUT2D eigenvalue weighted by Gasteiger charge is -2.05. The highest BCUT2D eigenvalue weighted by Gasteiger charge is 2.12. The molecule has 0 spiro atoms. The van der Waals surface area contributed by atoms with Gasteiger partial charge in [-0.3, -0.25) is 9.78 Å². The highest BCUT2D eigenvalue weighted by molar-refractivity contribution is 5.89. The number of hydrogen-bond acceptors (Lipinski definition) is 5. The summed E-state index contributed by atoms with van der Waals surface area (Å²) in [5.74, 6) is -0.777. The van der Waals surface area contributed by atoms with Gasteiger partial charge in [0.2, 0.25) is 0 Å². The molecule has 0 aliphatic rings. The third-order valence-electron chi connectivity index (χ3n) is 5.01. The summed E-state index contributed by atoms with van der Waals surface area (Å²) in [6.07, 6.45) is 4.07. The summed E-state index contributed by atoms with van der Waals surface area (Å²) in [4.78, 5) is 27.3. The number of pyridine rings is 1. The van der Waals surface area contributed by atoms with Gasteiger partial charge in [-0.15, -0.1) is 0 Å². The first-order valence-electron chi connectivity index (χ1n) is 10.00. The SMILES string of the molecule is O=C(CCCc1cnccc1C(=O)O)OCc1cc2cc(-c3ccccc3)ccc2o1. The van der Waals surface area contributed by atoms with Crippen molar-refractivity contribution in [2.75, 3.05) is 0 Å². The van der Waals surface area contributed by atoms with Gasteiger partial charge in [-0.25, -0.2) is 4.79 Å². The van der Waals surface area contributed by atoms with Crippen LogP contribution in [-0.2, 0) is 22.6 Å². The first-order chi connectivity index (χ1) is 15.1. The van der Waals surface area contributed by atoms with Crippen LogP contribution in [0.2, 0.25) is 0 Å². The molecular weight excluding hydrogens is 394 g/mol. The van der Waals surface area contributed by atoms with E-state index in [2.05, 4.69) is 17.1 Å². The van der Waals surface area contributed by atoms with E-state index in [0.29, 0.717) is 24.2 Å². The van der Waals surface area contributed by atoms with E-state index >= 15 is 0 Å². The van der Waals surface area contributed by atoms with Gasteiger partial charge < -0.3 is 14.3 Å². The summed E-state index contributed by atoms with van der Waals surface area (Å²) in [6.45, 7) is 0.0570. The molecule has 0 amide bonds. The zero-order valence-electron chi connectivity index (χ0n) is 16.8. The summed E-state index contributed by atoms with van der Waals surface area (Å²) in [6, 6.07) is 19.4. The van der Waals surface area contributed by atoms with Gasteiger partial charge in [-0.05, 0) is 53.8 Å². The first-order valence-corrected chi connectivity index (χ1v) is 10.00. The molecule has 0 saturated heterocycles. The molecular formula is C25H21NO5. The second kappa shape index (κ2) is 9.26. The molecule has 2 heterocycles. The summed E-state index contributed by atoms with van der Waals surface area (Å²) in [5, 5.41) is 10.1. The van der Waals surface area contributed by atoms with E-state index in [1.807, 2.05) is 42.5 Å². The van der Waals surface area contributed by atoms with Crippen LogP contribution in [0.15, 0.2) is 77.5 Å². The average molecular weight is 415 g/mol. The number of carboxylic acid groups (broad SMARTS) is 1. The molecule has 1 N–H and O–H groups in total. The molecule has 6 nitrogen and oxygen atoms in total. The number of ether oxygens (including phenoxy) is 1. The molecule has 0 fully saturated rings. The van der Waals surface area contributed by atoms with E-state index < -0.39 is 5.97 Å². The van der Waals surface area contributed by atoms with Crippen molar-refractivity contribution in [1.82, 2.24) is 4.98 Å². The summed E-state index contributed by atoms with van der Waals surface area (Å²) >= 11 is 0. The van der Waals surface area contributed by atoms with Crippen LogP contribution in [0, 0.1) is 0 Å². The Morgan fingerprint density at radius 2 is 1.84 bits per heavy atom. The average Bonchev–Trinajstić information content (AvgIpc) is 3.21. The number of carbonyl (C=O) groups excluding carboxylic acids is 1. The van der Waals surface area contributed by atoms with Crippen LogP contribution >= 0.6 is 0 Å². The van der Waals surface area contributed by atoms with Gasteiger partial charge >= 0.3 is 11.9 Å². The number of carboxylic acids is 1. The zero-order valence-corrected chi connectivity index (χ0v) is 16.8. The number of rotatable bonds is 8. The number of aromatic nitrogens is 1. The van der Waals surface area contributed by atoms with Gasteiger partial charge in [-0.1, -0.05) is 36.4 Å². The molecule has 156 valence electrons. The number of carbonyl (C=O) groups is 2. The number of esters is 1. The summed E-state index contributed by atoms with van der Waals surface area (Å²) < 4.78 is 11.1. The Kier molecular flexibility index (Phi) is 6.08. The number of aryl methyl sites for hydroxylation is 1. The van der Waals surface area contributed by atoms with Gasteiger partial charge in [-0.2, -0.15) is 0 Å². The van der Waals surface area contributed by atoms with E-state index in [0.717, 1.165) is 22.1 Å². The third-order valence-corrected chi connectivity index (χ3v) is 5.01. The molecule has 0 bridgehead atoms. The van der Waals surface area contributed by atoms with E-state index in [4.69, 9.17) is 9.15 Å². The fourth-order valence-electron chi connectivity index (χ4n) is 3.46. The number of aromatic carboxylic acids is 1. The third kappa shape index (κ3) is 4.98. The Balaban J connectivity index is 1.32. The van der Waals surface area contributed by atoms with Crippen molar-refractivity contribution in [2.24, 2.45) is 0 Å². The van der Waals surface area contributed by atoms with Crippen LogP contribution in [0.25, 0.3) is 22.1 Å². The Labute approximate surface area is 179 Å². The Morgan fingerprint density at radius 3 is 2.65 bits per heavy atom. The predicted octanol–water partition coefficient (Wildman–Crippen LogP) is 5.26. The number of fused-ring (bicyclic) bond motifs is 1. The van der Waals surface area contributed by atoms with Gasteiger partial charge in [0.1, 0.15) is 18.0 Å². The first kappa shape index (κ1) is 20.3. The molecule has 0 unspecified atom stereocenters. The van der Waals surface area contributed by atoms with Gasteiger partial charge in [0.25, 0.3) is 0 Å². The monoisotopic (exact) mass is 415 g/mol. The van der Waals surface area contributed by atoms with Crippen molar-refractivity contribution in [3.05, 3.63) is 89.9 Å². The van der Waals surface area contributed by atoms with Crippen molar-refractivity contribution in [1.29, 1.82) is 0 Å². The van der Waals surface area contributed by atoms with Crippen molar-refractivity contribution in [3.63, 3.8) is 0 Å². The zero-order chi connectivity index (χ0) is 21.6. The predicted molar refractivity (Wildman–Crippen MR) is 116 cm³/mol. The van der Waals surface area contributed by atoms with E-state index in [-0.39, 0.29) is 24.6 Å². The lowest BCUT2D eigenvalue weighted by molar-refractivity contribution is -0.145. The second-order valence-corrected chi connectivity index (χ2v) is 7.18. The van der Waals surface area contributed by atoms with Crippen molar-refractivity contribution < 1.29 is 23.8 Å². The lowest BCUT2D eigenvalue weighted by atomic mass is 10.0. The Hall–Kier alpha value is -3.93. The Bertz CT molecular complexity index is 1210. The topological polar surface area (TPSA) is 89.6 Å². The fraction of sp³-hybridized carbons (Fsp3) is 0.160. The maximum absolute atomic E-state index is 12.1. The summed E-state index contributed by atoms with van der Waals surface area (Å²) in [5.41, 5.74) is 3.77. The standard InChI is InChI=1S/C25H21NO5/c27-24(8-4-7-19-15-26-12-11-22(19)25(28)29)30-16-21-14-20-13-18(9-10-23(20)31-21)17-5-2-1-3-6-17/h1-3,5-6,9-15H,4,7-8,16H2,(H,28,29). The van der Waals surface area contributed by atoms with Crippen molar-refractivity contribution >= 4 is 22.9 Å². The lowest BCUT2D eigenvalue weighted by Crippen LogP contribution is -2.07. The molecule has 0 radical (unpaired) electrons. The largest absolute Gasteiger partial charge is 0.478 e. The minimum Gasteiger partial charge on any atom is -0.478 e. The molecule has 0 saturated carbocycles. The molecule has 0 atom stereocenters. The Morgan fingerprint density at radius 1 is 1.00 bits per heavy atom. The molecule has 4 aromatic rings. The number of benzene rings is 2. The highest BCUT2D eigenvalue weighted by atomic mass is 16.5. The minimum absolute atomic E-state index is 0.0570. The summed E-state index contributed by atoms with van der Waals surface area (Å²) in [7, 11) is 0. The molecule has 31 heavy (non-hydrogen) atoms. The molecule has 0 aliphatic carbocycles. The number of nitrogens with zero attached hydrogens (tertiary/aromatic N) is 1. The molecule has 2 aromatic heterocycles. The van der Waals surface area contributed by atoms with E-state index in [1.165, 1.54) is 18.5 Å². The highest BCUT2D eigenvalue weighted by Crippen LogP contribution is 2.27. The van der Waals surface area contributed by atoms with Crippen molar-refractivity contribution in [2.45, 2.75) is 25.9 Å². The smallest absolute Gasteiger partial charge is 0.336 e. The van der Waals surface area contributed by atoms with Crippen LogP contribution < -0.4 is 0 Å². The molecule has 0 aliphatic heterocycles. The van der Waals surface area contributed by atoms with E-state index in [9.17, 15) is 14.7 Å². The molecule has 2 aromatic carbocycles. The molecule has 4 rings (SSSR count). The van der Waals surface area contributed by atoms with Gasteiger partial charge in [0.05, 0.1) is 5.56 Å². The normalized spacial score (nSPS) is 10.8. The van der Waals surface area contributed by atoms with E-state index in [1.54, 1.807) is 0 Å². The second-order valence-electron chi connectivity index (χ2n) is 7.18.